The number of sulfonamides is 1. The number of carbonyl (C=O) groups is 2. The number of pyridine rings is 1. The molecule has 1 aliphatic carbocycles. The van der Waals surface area contributed by atoms with Crippen molar-refractivity contribution in [1.82, 2.24) is 14.6 Å². The van der Waals surface area contributed by atoms with E-state index in [1.54, 1.807) is 21.9 Å². The lowest BCUT2D eigenvalue weighted by Gasteiger charge is -2.38. The molecule has 3 aliphatic rings. The van der Waals surface area contributed by atoms with Crippen LogP contribution in [0.2, 0.25) is 5.15 Å². The van der Waals surface area contributed by atoms with Crippen LogP contribution in [0.15, 0.2) is 41.3 Å². The molecule has 0 bridgehead atoms. The van der Waals surface area contributed by atoms with E-state index >= 15 is 8.78 Å². The Morgan fingerprint density at radius 2 is 1.83 bits per heavy atom. The average Bonchev–Trinajstić information content (AvgIpc) is 3.51. The highest BCUT2D eigenvalue weighted by Crippen LogP contribution is 2.48. The number of carbonyl (C=O) groups excluding carboxylic acids is 2. The molecule has 3 N–H and O–H groups in total. The topological polar surface area (TPSA) is 129 Å². The summed E-state index contributed by atoms with van der Waals surface area (Å²) in [6, 6.07) is 8.92. The summed E-state index contributed by atoms with van der Waals surface area (Å²) in [5.74, 6) is -4.40. The predicted octanol–water partition coefficient (Wildman–Crippen LogP) is 4.76. The van der Waals surface area contributed by atoms with Crippen LogP contribution in [0.3, 0.4) is 0 Å². The Morgan fingerprint density at radius 3 is 2.47 bits per heavy atom. The van der Waals surface area contributed by atoms with Gasteiger partial charge in [0.15, 0.2) is 0 Å². The molecule has 14 heteroatoms. The molecule has 2 aromatic rings. The van der Waals surface area contributed by atoms with Crippen LogP contribution >= 0.6 is 11.6 Å². The van der Waals surface area contributed by atoms with E-state index in [1.165, 1.54) is 28.6 Å². The van der Waals surface area contributed by atoms with Gasteiger partial charge in [-0.05, 0) is 87.4 Å². The third-order valence-corrected chi connectivity index (χ3v) is 11.9. The summed E-state index contributed by atoms with van der Waals surface area (Å²) in [6.45, 7) is 4.28. The largest absolute Gasteiger partial charge is 0.356 e. The highest BCUT2D eigenvalue weighted by Gasteiger charge is 2.46. The van der Waals surface area contributed by atoms with Crippen molar-refractivity contribution in [2.45, 2.75) is 69.1 Å². The highest BCUT2D eigenvalue weighted by atomic mass is 35.5. The first-order chi connectivity index (χ1) is 22.4. The maximum Gasteiger partial charge on any atom is 0.276 e. The molecule has 2 saturated heterocycles. The van der Waals surface area contributed by atoms with E-state index in [2.05, 4.69) is 10.3 Å². The smallest absolute Gasteiger partial charge is 0.276 e. The summed E-state index contributed by atoms with van der Waals surface area (Å²) in [5.41, 5.74) is 6.00. The van der Waals surface area contributed by atoms with E-state index < -0.39 is 21.9 Å². The molecular weight excluding hydrogens is 650 g/mol. The van der Waals surface area contributed by atoms with Gasteiger partial charge in [0.05, 0.1) is 4.90 Å². The Bertz CT molecular complexity index is 1520. The maximum absolute atomic E-state index is 16.2. The zero-order valence-electron chi connectivity index (χ0n) is 26.8. The van der Waals surface area contributed by atoms with E-state index in [9.17, 15) is 18.0 Å². The number of anilines is 2. The van der Waals surface area contributed by atoms with Crippen molar-refractivity contribution >= 4 is 44.9 Å². The Balaban J connectivity index is 1.24. The summed E-state index contributed by atoms with van der Waals surface area (Å²) in [4.78, 5) is 32.8. The standard InChI is InChI=1S/C33H45ClF2N6O4S/c1-2-28(32(44)38-14-5-13-37)23-6-3-7-24(20-23)33(35,36)25-21-29(34)39-30(22-25)40-16-18-41(19-17-40)47(45,46)27-11-9-26(10-12-27)42-15-4-8-31(42)43/h9-12,21-24,28H,2-8,13-20,37H2,1H3,(H,38,44). The second-order valence-electron chi connectivity index (χ2n) is 12.8. The summed E-state index contributed by atoms with van der Waals surface area (Å²) < 4.78 is 60.6. The van der Waals surface area contributed by atoms with E-state index in [0.29, 0.717) is 57.4 Å². The molecule has 2 aliphatic heterocycles. The molecule has 3 unspecified atom stereocenters. The Labute approximate surface area is 281 Å². The fourth-order valence-electron chi connectivity index (χ4n) is 7.20. The molecular formula is C33H45ClF2N6O4S. The number of amides is 2. The average molecular weight is 695 g/mol. The van der Waals surface area contributed by atoms with Gasteiger partial charge in [-0.15, -0.1) is 0 Å². The van der Waals surface area contributed by atoms with Crippen molar-refractivity contribution in [2.24, 2.45) is 23.5 Å². The van der Waals surface area contributed by atoms with Gasteiger partial charge >= 0.3 is 0 Å². The summed E-state index contributed by atoms with van der Waals surface area (Å²) >= 11 is 6.30. The molecule has 3 fully saturated rings. The zero-order chi connectivity index (χ0) is 33.8. The lowest BCUT2D eigenvalue weighted by Crippen LogP contribution is -2.49. The Morgan fingerprint density at radius 1 is 1.11 bits per heavy atom. The number of alkyl halides is 2. The SMILES string of the molecule is CCC(C(=O)NCCCN)C1CCCC(C(F)(F)c2cc(Cl)nc(N3CCN(S(=O)(=O)c4ccc(N5CCCC5=O)cc4)CC3)c2)C1. The number of benzene rings is 1. The first-order valence-electron chi connectivity index (χ1n) is 16.6. The third-order valence-electron chi connectivity index (χ3n) is 9.84. The summed E-state index contributed by atoms with van der Waals surface area (Å²) in [6.07, 6.45) is 4.43. The van der Waals surface area contributed by atoms with Crippen LogP contribution < -0.4 is 20.9 Å². The molecule has 1 aromatic carbocycles. The lowest BCUT2D eigenvalue weighted by molar-refractivity contribution is -0.130. The number of piperazine rings is 1. The number of aromatic nitrogens is 1. The number of nitrogens with two attached hydrogens (primary N) is 1. The minimum absolute atomic E-state index is 0.0269. The van der Waals surface area contributed by atoms with Gasteiger partial charge in [-0.1, -0.05) is 24.9 Å². The first kappa shape index (κ1) is 35.4. The molecule has 1 saturated carbocycles. The van der Waals surface area contributed by atoms with Gasteiger partial charge in [0.2, 0.25) is 21.8 Å². The number of nitrogens with zero attached hydrogens (tertiary/aromatic N) is 4. The van der Waals surface area contributed by atoms with Gasteiger partial charge in [-0.3, -0.25) is 9.59 Å². The molecule has 2 amide bonds. The molecule has 1 aromatic heterocycles. The van der Waals surface area contributed by atoms with Crippen LogP contribution in [-0.2, 0) is 25.5 Å². The second kappa shape index (κ2) is 15.1. The predicted molar refractivity (Wildman–Crippen MR) is 178 cm³/mol. The number of nitrogens with one attached hydrogen (secondary N) is 1. The molecule has 3 heterocycles. The van der Waals surface area contributed by atoms with Crippen molar-refractivity contribution in [3.05, 3.63) is 47.1 Å². The van der Waals surface area contributed by atoms with Crippen LogP contribution in [0.25, 0.3) is 0 Å². The fourth-order valence-corrected chi connectivity index (χ4v) is 8.83. The van der Waals surface area contributed by atoms with Crippen molar-refractivity contribution in [1.29, 1.82) is 0 Å². The zero-order valence-corrected chi connectivity index (χ0v) is 28.4. The van der Waals surface area contributed by atoms with E-state index in [-0.39, 0.29) is 77.7 Å². The van der Waals surface area contributed by atoms with E-state index in [4.69, 9.17) is 17.3 Å². The monoisotopic (exact) mass is 694 g/mol. The quantitative estimate of drug-likeness (QED) is 0.242. The molecule has 5 rings (SSSR count). The number of hydrogen-bond acceptors (Lipinski definition) is 7. The molecule has 258 valence electrons. The van der Waals surface area contributed by atoms with Gasteiger partial charge in [-0.2, -0.15) is 4.31 Å². The van der Waals surface area contributed by atoms with Gasteiger partial charge in [-0.25, -0.2) is 22.2 Å². The van der Waals surface area contributed by atoms with Crippen LogP contribution in [0.5, 0.6) is 0 Å². The molecule has 0 radical (unpaired) electrons. The Kier molecular flexibility index (Phi) is 11.4. The van der Waals surface area contributed by atoms with Crippen molar-refractivity contribution < 1.29 is 26.8 Å². The van der Waals surface area contributed by atoms with E-state index in [0.717, 1.165) is 12.8 Å². The number of rotatable bonds is 12. The summed E-state index contributed by atoms with van der Waals surface area (Å²) in [7, 11) is -3.80. The first-order valence-corrected chi connectivity index (χ1v) is 18.5. The van der Waals surface area contributed by atoms with Crippen molar-refractivity contribution in [3.63, 3.8) is 0 Å². The molecule has 3 atom stereocenters. The van der Waals surface area contributed by atoms with Crippen molar-refractivity contribution in [3.8, 4) is 0 Å². The van der Waals surface area contributed by atoms with Gasteiger partial charge in [0.25, 0.3) is 5.92 Å². The normalized spacial score (nSPS) is 22.0. The number of halogens is 3. The maximum atomic E-state index is 16.2. The molecule has 0 spiro atoms. The van der Waals surface area contributed by atoms with Gasteiger partial charge in [0.1, 0.15) is 11.0 Å². The molecule has 47 heavy (non-hydrogen) atoms. The fraction of sp³-hybridized carbons (Fsp3) is 0.606. The second-order valence-corrected chi connectivity index (χ2v) is 15.1. The minimum atomic E-state index is -3.80. The van der Waals surface area contributed by atoms with Crippen LogP contribution in [-0.4, -0.2) is 75.3 Å². The molecule has 10 nitrogen and oxygen atoms in total. The lowest BCUT2D eigenvalue weighted by atomic mass is 9.71. The van der Waals surface area contributed by atoms with Crippen molar-refractivity contribution in [2.75, 3.05) is 55.6 Å². The van der Waals surface area contributed by atoms with Crippen LogP contribution in [0, 0.1) is 17.8 Å². The van der Waals surface area contributed by atoms with Crippen LogP contribution in [0.4, 0.5) is 20.3 Å². The number of hydrogen-bond donors (Lipinski definition) is 2. The van der Waals surface area contributed by atoms with Gasteiger partial charge in [0, 0.05) is 68.8 Å². The van der Waals surface area contributed by atoms with Gasteiger partial charge < -0.3 is 20.9 Å². The highest BCUT2D eigenvalue weighted by molar-refractivity contribution is 7.89. The van der Waals surface area contributed by atoms with E-state index in [1.807, 2.05) is 6.92 Å². The third kappa shape index (κ3) is 7.90. The minimum Gasteiger partial charge on any atom is -0.356 e. The van der Waals surface area contributed by atoms with Crippen LogP contribution in [0.1, 0.15) is 63.9 Å². The summed E-state index contributed by atoms with van der Waals surface area (Å²) in [5, 5.41) is 2.86. The Hall–Kier alpha value is -2.87.